The monoisotopic (exact) mass is 233 g/mol. The number of anilines is 1. The zero-order valence-corrected chi connectivity index (χ0v) is 8.80. The lowest BCUT2D eigenvalue weighted by Crippen LogP contribution is -2.10. The van der Waals surface area contributed by atoms with Gasteiger partial charge in [-0.1, -0.05) is 0 Å². The van der Waals surface area contributed by atoms with E-state index in [4.69, 9.17) is 14.5 Å². The molecule has 0 aliphatic heterocycles. The molecule has 0 spiro atoms. The third-order valence-corrected chi connectivity index (χ3v) is 1.91. The minimum absolute atomic E-state index is 0.203. The van der Waals surface area contributed by atoms with Crippen LogP contribution in [-0.4, -0.2) is 39.3 Å². The zero-order valence-electron chi connectivity index (χ0n) is 7.91. The van der Waals surface area contributed by atoms with Gasteiger partial charge in [0.15, 0.2) is 0 Å². The summed E-state index contributed by atoms with van der Waals surface area (Å²) in [4.78, 5) is 24.6. The Hall–Kier alpha value is -1.01. The van der Waals surface area contributed by atoms with Gasteiger partial charge >= 0.3 is 7.60 Å². The lowest BCUT2D eigenvalue weighted by molar-refractivity contribution is 0.167. The topological polar surface area (TPSA) is 105 Å². The molecule has 0 radical (unpaired) electrons. The summed E-state index contributed by atoms with van der Waals surface area (Å²) in [6, 6.07) is 1.68. The number of hydrogen-bond donors (Lipinski definition) is 3. The molecule has 0 unspecified atom stereocenters. The van der Waals surface area contributed by atoms with Crippen molar-refractivity contribution in [1.29, 1.82) is 0 Å². The molecular weight excluding hydrogens is 221 g/mol. The number of rotatable bonds is 6. The highest BCUT2D eigenvalue weighted by atomic mass is 31.2. The van der Waals surface area contributed by atoms with Gasteiger partial charge < -0.3 is 19.8 Å². The number of hydrogen-bond acceptors (Lipinski definition) is 5. The normalized spacial score (nSPS) is 11.3. The van der Waals surface area contributed by atoms with Crippen molar-refractivity contribution in [2.75, 3.05) is 24.8 Å². The number of nitrogens with zero attached hydrogens (tertiary/aromatic N) is 2. The Labute approximate surface area is 86.7 Å². The number of ether oxygens (including phenoxy) is 1. The summed E-state index contributed by atoms with van der Waals surface area (Å²) < 4.78 is 15.1. The maximum Gasteiger partial charge on any atom is 0.350 e. The predicted octanol–water partition coefficient (Wildman–Crippen LogP) is 0.0403. The molecule has 1 rings (SSSR count). The SMILES string of the molecule is O=P(O)(O)COCCNc1ccncn1. The lowest BCUT2D eigenvalue weighted by Gasteiger charge is -2.06. The van der Waals surface area contributed by atoms with Crippen LogP contribution >= 0.6 is 7.60 Å². The first-order chi connectivity index (χ1) is 7.08. The maximum atomic E-state index is 10.4. The molecule has 0 saturated heterocycles. The average Bonchev–Trinajstić information content (AvgIpc) is 2.17. The van der Waals surface area contributed by atoms with Crippen LogP contribution in [0, 0.1) is 0 Å². The predicted molar refractivity (Wildman–Crippen MR) is 53.4 cm³/mol. The van der Waals surface area contributed by atoms with Gasteiger partial charge in [-0.15, -0.1) is 0 Å². The van der Waals surface area contributed by atoms with Gasteiger partial charge in [0.1, 0.15) is 18.5 Å². The fourth-order valence-corrected chi connectivity index (χ4v) is 1.20. The summed E-state index contributed by atoms with van der Waals surface area (Å²) in [5.74, 6) is 0.643. The van der Waals surface area contributed by atoms with E-state index in [1.54, 1.807) is 12.3 Å². The standard InChI is InChI=1S/C7H12N3O4P/c11-15(12,13)6-14-4-3-9-7-1-2-8-5-10-7/h1-2,5H,3-4,6H2,(H,8,9,10)(H2,11,12,13). The Morgan fingerprint density at radius 2 is 2.33 bits per heavy atom. The molecular formula is C7H12N3O4P. The smallest absolute Gasteiger partial charge is 0.350 e. The Morgan fingerprint density at radius 3 is 2.93 bits per heavy atom. The van der Waals surface area contributed by atoms with Crippen molar-refractivity contribution >= 4 is 13.4 Å². The molecule has 1 heterocycles. The van der Waals surface area contributed by atoms with Crippen molar-refractivity contribution in [2.45, 2.75) is 0 Å². The van der Waals surface area contributed by atoms with E-state index in [0.717, 1.165) is 0 Å². The molecule has 84 valence electrons. The first kappa shape index (κ1) is 12.1. The molecule has 0 fully saturated rings. The van der Waals surface area contributed by atoms with E-state index in [1.165, 1.54) is 6.33 Å². The second-order valence-electron chi connectivity index (χ2n) is 2.72. The molecule has 0 aromatic carbocycles. The van der Waals surface area contributed by atoms with Crippen LogP contribution in [0.25, 0.3) is 0 Å². The van der Waals surface area contributed by atoms with E-state index in [2.05, 4.69) is 15.3 Å². The van der Waals surface area contributed by atoms with Gasteiger partial charge in [-0.05, 0) is 6.07 Å². The van der Waals surface area contributed by atoms with Crippen molar-refractivity contribution in [2.24, 2.45) is 0 Å². The molecule has 0 bridgehead atoms. The molecule has 1 aromatic rings. The largest absolute Gasteiger partial charge is 0.368 e. The van der Waals surface area contributed by atoms with Crippen molar-refractivity contribution in [1.82, 2.24) is 9.97 Å². The second-order valence-corrected chi connectivity index (χ2v) is 4.31. The summed E-state index contributed by atoms with van der Waals surface area (Å²) >= 11 is 0. The van der Waals surface area contributed by atoms with E-state index in [-0.39, 0.29) is 6.61 Å². The fourth-order valence-electron chi connectivity index (χ4n) is 0.830. The molecule has 0 aliphatic carbocycles. The van der Waals surface area contributed by atoms with Crippen LogP contribution in [0.3, 0.4) is 0 Å². The van der Waals surface area contributed by atoms with Crippen LogP contribution in [0.15, 0.2) is 18.6 Å². The fraction of sp³-hybridized carbons (Fsp3) is 0.429. The first-order valence-corrected chi connectivity index (χ1v) is 6.00. The summed E-state index contributed by atoms with van der Waals surface area (Å²) in [5, 5.41) is 2.90. The van der Waals surface area contributed by atoms with Crippen molar-refractivity contribution in [3.8, 4) is 0 Å². The van der Waals surface area contributed by atoms with Crippen molar-refractivity contribution < 1.29 is 19.1 Å². The number of nitrogens with one attached hydrogen (secondary N) is 1. The Morgan fingerprint density at radius 1 is 1.53 bits per heavy atom. The van der Waals surface area contributed by atoms with Gasteiger partial charge in [0.05, 0.1) is 6.61 Å². The lowest BCUT2D eigenvalue weighted by atomic mass is 10.5. The van der Waals surface area contributed by atoms with Gasteiger partial charge in [-0.2, -0.15) is 0 Å². The van der Waals surface area contributed by atoms with Gasteiger partial charge in [-0.25, -0.2) is 9.97 Å². The summed E-state index contributed by atoms with van der Waals surface area (Å²) in [5.41, 5.74) is 0. The summed E-state index contributed by atoms with van der Waals surface area (Å²) in [7, 11) is -4.05. The third-order valence-electron chi connectivity index (χ3n) is 1.39. The second kappa shape index (κ2) is 5.77. The molecule has 0 aliphatic rings. The third kappa shape index (κ3) is 6.14. The van der Waals surface area contributed by atoms with Crippen LogP contribution in [0.4, 0.5) is 5.82 Å². The van der Waals surface area contributed by atoms with E-state index in [9.17, 15) is 4.57 Å². The van der Waals surface area contributed by atoms with E-state index < -0.39 is 13.9 Å². The highest BCUT2D eigenvalue weighted by Crippen LogP contribution is 2.33. The quantitative estimate of drug-likeness (QED) is 0.470. The van der Waals surface area contributed by atoms with Gasteiger partial charge in [0, 0.05) is 12.7 Å². The summed E-state index contributed by atoms with van der Waals surface area (Å²) in [6.07, 6.45) is 2.43. The molecule has 7 nitrogen and oxygen atoms in total. The average molecular weight is 233 g/mol. The van der Waals surface area contributed by atoms with E-state index >= 15 is 0 Å². The minimum Gasteiger partial charge on any atom is -0.368 e. The zero-order chi connectivity index (χ0) is 11.1. The van der Waals surface area contributed by atoms with Crippen LogP contribution in [0.5, 0.6) is 0 Å². The highest BCUT2D eigenvalue weighted by Gasteiger charge is 2.11. The molecule has 0 saturated carbocycles. The van der Waals surface area contributed by atoms with Crippen LogP contribution in [-0.2, 0) is 9.30 Å². The number of aromatic nitrogens is 2. The molecule has 0 atom stereocenters. The van der Waals surface area contributed by atoms with Crippen molar-refractivity contribution in [3.63, 3.8) is 0 Å². The van der Waals surface area contributed by atoms with Crippen LogP contribution in [0.1, 0.15) is 0 Å². The Bertz CT molecular complexity index is 328. The molecule has 1 aromatic heterocycles. The molecule has 15 heavy (non-hydrogen) atoms. The molecule has 3 N–H and O–H groups in total. The van der Waals surface area contributed by atoms with Crippen molar-refractivity contribution in [3.05, 3.63) is 18.6 Å². The van der Waals surface area contributed by atoms with E-state index in [1.807, 2.05) is 0 Å². The molecule has 8 heteroatoms. The van der Waals surface area contributed by atoms with Gasteiger partial charge in [-0.3, -0.25) is 4.57 Å². The minimum atomic E-state index is -4.05. The van der Waals surface area contributed by atoms with Crippen LogP contribution in [0.2, 0.25) is 0 Å². The van der Waals surface area contributed by atoms with E-state index in [0.29, 0.717) is 12.4 Å². The highest BCUT2D eigenvalue weighted by molar-refractivity contribution is 7.51. The van der Waals surface area contributed by atoms with Gasteiger partial charge in [0.25, 0.3) is 0 Å². The first-order valence-electron chi connectivity index (χ1n) is 4.20. The molecule has 0 amide bonds. The van der Waals surface area contributed by atoms with Crippen LogP contribution < -0.4 is 5.32 Å². The Balaban J connectivity index is 2.10. The van der Waals surface area contributed by atoms with Gasteiger partial charge in [0.2, 0.25) is 0 Å². The summed E-state index contributed by atoms with van der Waals surface area (Å²) in [6.45, 7) is 0.631. The maximum absolute atomic E-state index is 10.4. The Kier molecular flexibility index (Phi) is 4.64.